The number of rotatable bonds is 2. The molecule has 0 aliphatic rings. The normalized spacial score (nSPS) is 10.2. The van der Waals surface area contributed by atoms with Gasteiger partial charge in [0.25, 0.3) is 0 Å². The van der Waals surface area contributed by atoms with Gasteiger partial charge in [0.15, 0.2) is 0 Å². The molecule has 0 saturated heterocycles. The summed E-state index contributed by atoms with van der Waals surface area (Å²) in [6.45, 7) is 0. The van der Waals surface area contributed by atoms with Gasteiger partial charge >= 0.3 is 0 Å². The van der Waals surface area contributed by atoms with Gasteiger partial charge in [-0.2, -0.15) is 5.10 Å². The Kier molecular flexibility index (Phi) is 1.96. The summed E-state index contributed by atoms with van der Waals surface area (Å²) >= 11 is 0. The van der Waals surface area contributed by atoms with Gasteiger partial charge in [-0.1, -0.05) is 6.07 Å². The third-order valence-corrected chi connectivity index (χ3v) is 1.84. The summed E-state index contributed by atoms with van der Waals surface area (Å²) in [4.78, 5) is 4.19. The van der Waals surface area contributed by atoms with Crippen LogP contribution in [0.5, 0.6) is 0 Å². The van der Waals surface area contributed by atoms with Crippen LogP contribution in [0.2, 0.25) is 0 Å². The second-order valence-corrected chi connectivity index (χ2v) is 2.80. The van der Waals surface area contributed by atoms with Crippen molar-refractivity contribution in [2.75, 3.05) is 5.73 Å². The fourth-order valence-electron chi connectivity index (χ4n) is 1.15. The van der Waals surface area contributed by atoms with E-state index < -0.39 is 0 Å². The van der Waals surface area contributed by atoms with E-state index in [0.717, 1.165) is 11.4 Å². The van der Waals surface area contributed by atoms with Gasteiger partial charge in [0, 0.05) is 18.3 Å². The highest BCUT2D eigenvalue weighted by Gasteiger charge is 2.02. The Hall–Kier alpha value is -1.84. The van der Waals surface area contributed by atoms with E-state index >= 15 is 0 Å². The van der Waals surface area contributed by atoms with Gasteiger partial charge in [-0.15, -0.1) is 0 Å². The van der Waals surface area contributed by atoms with Gasteiger partial charge in [0.2, 0.25) is 0 Å². The molecule has 0 aromatic carbocycles. The quantitative estimate of drug-likeness (QED) is 0.713. The van der Waals surface area contributed by atoms with Gasteiger partial charge in [0.1, 0.15) is 0 Å². The van der Waals surface area contributed by atoms with Gasteiger partial charge in [-0.3, -0.25) is 10.1 Å². The molecule has 0 saturated carbocycles. The number of aromatic amines is 1. The fourth-order valence-corrected chi connectivity index (χ4v) is 1.15. The molecule has 2 heterocycles. The summed E-state index contributed by atoms with van der Waals surface area (Å²) in [5.41, 5.74) is 8.25. The Morgan fingerprint density at radius 2 is 2.31 bits per heavy atom. The Morgan fingerprint density at radius 3 is 2.92 bits per heavy atom. The van der Waals surface area contributed by atoms with Crippen LogP contribution in [0.3, 0.4) is 0 Å². The Morgan fingerprint density at radius 1 is 1.38 bits per heavy atom. The van der Waals surface area contributed by atoms with Crippen molar-refractivity contribution >= 4 is 5.69 Å². The lowest BCUT2D eigenvalue weighted by atomic mass is 10.2. The standard InChI is InChI=1S/C9H10N4/c10-8-6-12-13-9(8)5-7-3-1-2-4-11-7/h1-4,6H,5,10H2,(H,12,13). The summed E-state index contributed by atoms with van der Waals surface area (Å²) in [5.74, 6) is 0. The monoisotopic (exact) mass is 174 g/mol. The van der Waals surface area contributed by atoms with Crippen LogP contribution in [-0.4, -0.2) is 15.2 Å². The molecule has 0 atom stereocenters. The van der Waals surface area contributed by atoms with Crippen molar-refractivity contribution < 1.29 is 0 Å². The van der Waals surface area contributed by atoms with Crippen molar-refractivity contribution in [2.45, 2.75) is 6.42 Å². The average molecular weight is 174 g/mol. The molecule has 0 radical (unpaired) electrons. The molecule has 2 aromatic rings. The van der Waals surface area contributed by atoms with Crippen molar-refractivity contribution in [3.8, 4) is 0 Å². The number of nitrogen functional groups attached to an aromatic ring is 1. The van der Waals surface area contributed by atoms with Crippen molar-refractivity contribution in [3.63, 3.8) is 0 Å². The Balaban J connectivity index is 2.20. The minimum atomic E-state index is 0.686. The van der Waals surface area contributed by atoms with E-state index in [1.807, 2.05) is 18.2 Å². The van der Waals surface area contributed by atoms with Crippen molar-refractivity contribution in [1.29, 1.82) is 0 Å². The summed E-state index contributed by atoms with van der Waals surface area (Å²) in [6, 6.07) is 5.80. The highest BCUT2D eigenvalue weighted by atomic mass is 15.1. The second kappa shape index (κ2) is 3.26. The van der Waals surface area contributed by atoms with E-state index in [9.17, 15) is 0 Å². The number of H-pyrrole nitrogens is 1. The first-order chi connectivity index (χ1) is 6.36. The number of nitrogens with two attached hydrogens (primary N) is 1. The summed E-state index contributed by atoms with van der Waals surface area (Å²) in [6.07, 6.45) is 4.08. The summed E-state index contributed by atoms with van der Waals surface area (Å²) in [7, 11) is 0. The van der Waals surface area contributed by atoms with Crippen LogP contribution in [0.1, 0.15) is 11.4 Å². The molecule has 0 fully saturated rings. The molecule has 0 amide bonds. The second-order valence-electron chi connectivity index (χ2n) is 2.80. The number of nitrogens with one attached hydrogen (secondary N) is 1. The highest BCUT2D eigenvalue weighted by Crippen LogP contribution is 2.10. The van der Waals surface area contributed by atoms with E-state index in [4.69, 9.17) is 5.73 Å². The molecule has 0 unspecified atom stereocenters. The lowest BCUT2D eigenvalue weighted by Crippen LogP contribution is -1.95. The largest absolute Gasteiger partial charge is 0.396 e. The van der Waals surface area contributed by atoms with Crippen molar-refractivity contribution in [1.82, 2.24) is 15.2 Å². The Bertz CT molecular complexity index is 380. The zero-order chi connectivity index (χ0) is 9.10. The Labute approximate surface area is 75.8 Å². The van der Waals surface area contributed by atoms with E-state index in [2.05, 4.69) is 15.2 Å². The number of aromatic nitrogens is 3. The summed E-state index contributed by atoms with van der Waals surface area (Å²) < 4.78 is 0. The summed E-state index contributed by atoms with van der Waals surface area (Å²) in [5, 5.41) is 6.68. The number of pyridine rings is 1. The van der Waals surface area contributed by atoms with Crippen molar-refractivity contribution in [2.24, 2.45) is 0 Å². The topological polar surface area (TPSA) is 67.6 Å². The van der Waals surface area contributed by atoms with Gasteiger partial charge in [-0.25, -0.2) is 0 Å². The van der Waals surface area contributed by atoms with Crippen LogP contribution < -0.4 is 5.73 Å². The first kappa shape index (κ1) is 7.79. The molecule has 0 aliphatic carbocycles. The lowest BCUT2D eigenvalue weighted by molar-refractivity contribution is 0.969. The zero-order valence-corrected chi connectivity index (χ0v) is 7.07. The predicted molar refractivity (Wildman–Crippen MR) is 50.0 cm³/mol. The van der Waals surface area contributed by atoms with Gasteiger partial charge < -0.3 is 5.73 Å². The molecule has 4 nitrogen and oxygen atoms in total. The highest BCUT2D eigenvalue weighted by molar-refractivity contribution is 5.41. The molecule has 3 N–H and O–H groups in total. The average Bonchev–Trinajstić information content (AvgIpc) is 2.54. The van der Waals surface area contributed by atoms with E-state index in [-0.39, 0.29) is 0 Å². The van der Waals surface area contributed by atoms with E-state index in [1.54, 1.807) is 12.4 Å². The molecule has 0 spiro atoms. The van der Waals surface area contributed by atoms with Crippen LogP contribution in [0.15, 0.2) is 30.6 Å². The maximum absolute atomic E-state index is 5.67. The molecule has 2 aromatic heterocycles. The number of hydrogen-bond acceptors (Lipinski definition) is 3. The maximum Gasteiger partial charge on any atom is 0.0734 e. The molecule has 0 aliphatic heterocycles. The lowest BCUT2D eigenvalue weighted by Gasteiger charge is -1.97. The SMILES string of the molecule is Nc1cn[nH]c1Cc1ccccn1. The fraction of sp³-hybridized carbons (Fsp3) is 0.111. The molecule has 13 heavy (non-hydrogen) atoms. The molecule has 2 rings (SSSR count). The molecular weight excluding hydrogens is 164 g/mol. The maximum atomic E-state index is 5.67. The van der Waals surface area contributed by atoms with Crippen LogP contribution in [0.25, 0.3) is 0 Å². The van der Waals surface area contributed by atoms with Gasteiger partial charge in [0.05, 0.1) is 17.6 Å². The number of anilines is 1. The first-order valence-corrected chi connectivity index (χ1v) is 4.04. The van der Waals surface area contributed by atoms with Crippen LogP contribution in [-0.2, 0) is 6.42 Å². The third-order valence-electron chi connectivity index (χ3n) is 1.84. The van der Waals surface area contributed by atoms with Crippen LogP contribution in [0, 0.1) is 0 Å². The van der Waals surface area contributed by atoms with E-state index in [0.29, 0.717) is 12.1 Å². The van der Waals surface area contributed by atoms with Crippen LogP contribution >= 0.6 is 0 Å². The molecular formula is C9H10N4. The van der Waals surface area contributed by atoms with Crippen LogP contribution in [0.4, 0.5) is 5.69 Å². The minimum Gasteiger partial charge on any atom is -0.396 e. The predicted octanol–water partition coefficient (Wildman–Crippen LogP) is 0.978. The minimum absolute atomic E-state index is 0.686. The molecule has 66 valence electrons. The van der Waals surface area contributed by atoms with E-state index in [1.165, 1.54) is 0 Å². The zero-order valence-electron chi connectivity index (χ0n) is 7.07. The number of nitrogens with zero attached hydrogens (tertiary/aromatic N) is 2. The number of hydrogen-bond donors (Lipinski definition) is 2. The first-order valence-electron chi connectivity index (χ1n) is 4.04. The molecule has 0 bridgehead atoms. The smallest absolute Gasteiger partial charge is 0.0734 e. The van der Waals surface area contributed by atoms with Gasteiger partial charge in [-0.05, 0) is 12.1 Å². The van der Waals surface area contributed by atoms with Crippen molar-refractivity contribution in [3.05, 3.63) is 42.0 Å². The molecule has 4 heteroatoms. The third kappa shape index (κ3) is 1.66.